The molecule has 4 rings (SSSR count). The summed E-state index contributed by atoms with van der Waals surface area (Å²) < 4.78 is 44.8. The van der Waals surface area contributed by atoms with Crippen LogP contribution in [-0.4, -0.2) is 16.8 Å². The van der Waals surface area contributed by atoms with E-state index in [4.69, 9.17) is 16.3 Å². The Morgan fingerprint density at radius 3 is 2.31 bits per heavy atom. The molecule has 36 heavy (non-hydrogen) atoms. The molecule has 1 aliphatic rings. The molecular weight excluding hydrogens is 491 g/mol. The lowest BCUT2D eigenvalue weighted by Crippen LogP contribution is -2.38. The summed E-state index contributed by atoms with van der Waals surface area (Å²) in [5.41, 5.74) is 1.84. The van der Waals surface area contributed by atoms with E-state index in [9.17, 15) is 22.8 Å². The molecule has 0 fully saturated rings. The number of rotatable bonds is 6. The fourth-order valence-corrected chi connectivity index (χ4v) is 4.49. The van der Waals surface area contributed by atoms with E-state index in [0.29, 0.717) is 16.3 Å². The predicted molar refractivity (Wildman–Crippen MR) is 130 cm³/mol. The maximum absolute atomic E-state index is 13.3. The number of hydrogen-bond acceptors (Lipinski definition) is 3. The molecule has 0 saturated heterocycles. The second kappa shape index (κ2) is 10.6. The summed E-state index contributed by atoms with van der Waals surface area (Å²) in [6.07, 6.45) is -4.57. The van der Waals surface area contributed by atoms with E-state index in [0.717, 1.165) is 23.3 Å². The smallest absolute Gasteiger partial charge is 0.416 e. The Morgan fingerprint density at radius 1 is 1.00 bits per heavy atom. The van der Waals surface area contributed by atoms with Gasteiger partial charge in [-0.1, -0.05) is 66.2 Å². The predicted octanol–water partition coefficient (Wildman–Crippen LogP) is 6.89. The highest BCUT2D eigenvalue weighted by Gasteiger charge is 2.38. The molecule has 186 valence electrons. The summed E-state index contributed by atoms with van der Waals surface area (Å²) in [6, 6.07) is 20.7. The SMILES string of the molecule is CC1=C(C(=O)OCc2ccccc2)[C@@H](c2ccc(C(F)(F)F)cc2)CC(=O)N1Cc1cccc(Cl)c1. The van der Waals surface area contributed by atoms with Crippen LogP contribution in [0.2, 0.25) is 5.02 Å². The van der Waals surface area contributed by atoms with Crippen molar-refractivity contribution in [2.24, 2.45) is 0 Å². The summed E-state index contributed by atoms with van der Waals surface area (Å²) in [5.74, 6) is -1.61. The van der Waals surface area contributed by atoms with Gasteiger partial charge in [-0.2, -0.15) is 13.2 Å². The molecule has 1 aliphatic heterocycles. The molecular formula is C28H23ClF3NO3. The van der Waals surface area contributed by atoms with Gasteiger partial charge < -0.3 is 9.64 Å². The highest BCUT2D eigenvalue weighted by molar-refractivity contribution is 6.30. The van der Waals surface area contributed by atoms with Crippen molar-refractivity contribution in [2.75, 3.05) is 0 Å². The second-order valence-electron chi connectivity index (χ2n) is 8.55. The standard InChI is InChI=1S/C28H23ClF3NO3/c1-18-26(27(35)36-17-19-6-3-2-4-7-19)24(21-10-12-22(13-11-21)28(30,31)32)15-25(34)33(18)16-20-8-5-9-23(29)14-20/h2-14,24H,15-17H2,1H3/t24-/m1/s1. The normalized spacial score (nSPS) is 16.3. The van der Waals surface area contributed by atoms with Gasteiger partial charge in [-0.15, -0.1) is 0 Å². The van der Waals surface area contributed by atoms with Crippen LogP contribution in [0.1, 0.15) is 41.5 Å². The molecule has 0 aromatic heterocycles. The lowest BCUT2D eigenvalue weighted by atomic mass is 9.83. The van der Waals surface area contributed by atoms with Crippen molar-refractivity contribution in [2.45, 2.75) is 38.6 Å². The average molecular weight is 514 g/mol. The van der Waals surface area contributed by atoms with Gasteiger partial charge in [-0.05, 0) is 47.9 Å². The van der Waals surface area contributed by atoms with Crippen molar-refractivity contribution < 1.29 is 27.5 Å². The van der Waals surface area contributed by atoms with Gasteiger partial charge in [0.1, 0.15) is 6.61 Å². The molecule has 1 atom stereocenters. The van der Waals surface area contributed by atoms with Crippen LogP contribution in [0, 0.1) is 0 Å². The van der Waals surface area contributed by atoms with Crippen LogP contribution in [0.4, 0.5) is 13.2 Å². The number of esters is 1. The van der Waals surface area contributed by atoms with Crippen molar-refractivity contribution in [3.05, 3.63) is 117 Å². The quantitative estimate of drug-likeness (QED) is 0.337. The monoisotopic (exact) mass is 513 g/mol. The Labute approximate surface area is 211 Å². The molecule has 8 heteroatoms. The number of halogens is 4. The van der Waals surface area contributed by atoms with E-state index in [1.54, 1.807) is 25.1 Å². The first-order chi connectivity index (χ1) is 17.1. The lowest BCUT2D eigenvalue weighted by Gasteiger charge is -2.34. The summed E-state index contributed by atoms with van der Waals surface area (Å²) in [7, 11) is 0. The van der Waals surface area contributed by atoms with Crippen LogP contribution < -0.4 is 0 Å². The molecule has 0 radical (unpaired) electrons. The molecule has 0 aliphatic carbocycles. The zero-order chi connectivity index (χ0) is 25.9. The highest BCUT2D eigenvalue weighted by Crippen LogP contribution is 2.39. The van der Waals surface area contributed by atoms with Crippen LogP contribution in [0.3, 0.4) is 0 Å². The largest absolute Gasteiger partial charge is 0.457 e. The third-order valence-electron chi connectivity index (χ3n) is 6.13. The van der Waals surface area contributed by atoms with Crippen molar-refractivity contribution >= 4 is 23.5 Å². The van der Waals surface area contributed by atoms with Gasteiger partial charge in [0.15, 0.2) is 0 Å². The third kappa shape index (κ3) is 5.79. The van der Waals surface area contributed by atoms with Crippen LogP contribution in [0.5, 0.6) is 0 Å². The van der Waals surface area contributed by atoms with Crippen LogP contribution in [0.15, 0.2) is 90.1 Å². The number of benzene rings is 3. The Balaban J connectivity index is 1.69. The molecule has 0 N–H and O–H groups in total. The van der Waals surface area contributed by atoms with Gasteiger partial charge in [0.05, 0.1) is 17.7 Å². The van der Waals surface area contributed by atoms with Crippen molar-refractivity contribution in [1.29, 1.82) is 0 Å². The molecule has 1 amide bonds. The van der Waals surface area contributed by atoms with Crippen LogP contribution in [-0.2, 0) is 33.7 Å². The van der Waals surface area contributed by atoms with Gasteiger partial charge in [-0.25, -0.2) is 4.79 Å². The zero-order valence-corrected chi connectivity index (χ0v) is 20.1. The second-order valence-corrected chi connectivity index (χ2v) is 8.98. The van der Waals surface area contributed by atoms with Crippen molar-refractivity contribution in [1.82, 2.24) is 4.90 Å². The van der Waals surface area contributed by atoms with E-state index in [2.05, 4.69) is 0 Å². The first-order valence-corrected chi connectivity index (χ1v) is 11.6. The number of carbonyl (C=O) groups is 2. The number of amides is 1. The summed E-state index contributed by atoms with van der Waals surface area (Å²) in [4.78, 5) is 28.0. The van der Waals surface area contributed by atoms with Gasteiger partial charge in [-0.3, -0.25) is 4.79 Å². The maximum Gasteiger partial charge on any atom is 0.416 e. The molecule has 0 saturated carbocycles. The molecule has 1 heterocycles. The number of ether oxygens (including phenoxy) is 1. The topological polar surface area (TPSA) is 46.6 Å². The summed E-state index contributed by atoms with van der Waals surface area (Å²) >= 11 is 6.09. The minimum atomic E-state index is -4.49. The van der Waals surface area contributed by atoms with E-state index in [-0.39, 0.29) is 31.1 Å². The zero-order valence-electron chi connectivity index (χ0n) is 19.4. The fourth-order valence-electron chi connectivity index (χ4n) is 4.28. The molecule has 0 unspecified atom stereocenters. The Hall–Kier alpha value is -3.58. The maximum atomic E-state index is 13.3. The molecule has 4 nitrogen and oxygen atoms in total. The molecule has 0 spiro atoms. The third-order valence-corrected chi connectivity index (χ3v) is 6.36. The Kier molecular flexibility index (Phi) is 7.50. The van der Waals surface area contributed by atoms with Crippen molar-refractivity contribution in [3.8, 4) is 0 Å². The van der Waals surface area contributed by atoms with E-state index in [1.165, 1.54) is 17.0 Å². The van der Waals surface area contributed by atoms with Gasteiger partial charge in [0.25, 0.3) is 0 Å². The first-order valence-electron chi connectivity index (χ1n) is 11.3. The van der Waals surface area contributed by atoms with E-state index >= 15 is 0 Å². The number of hydrogen-bond donors (Lipinski definition) is 0. The van der Waals surface area contributed by atoms with E-state index < -0.39 is 23.6 Å². The molecule has 3 aromatic carbocycles. The van der Waals surface area contributed by atoms with Crippen LogP contribution in [0.25, 0.3) is 0 Å². The van der Waals surface area contributed by atoms with Gasteiger partial charge >= 0.3 is 12.1 Å². The molecule has 3 aromatic rings. The lowest BCUT2D eigenvalue weighted by molar-refractivity contribution is -0.142. The number of carbonyl (C=O) groups excluding carboxylic acids is 2. The minimum absolute atomic E-state index is 0.0262. The van der Waals surface area contributed by atoms with Gasteiger partial charge in [0.2, 0.25) is 5.91 Å². The fraction of sp³-hybridized carbons (Fsp3) is 0.214. The highest BCUT2D eigenvalue weighted by atomic mass is 35.5. The minimum Gasteiger partial charge on any atom is -0.457 e. The van der Waals surface area contributed by atoms with Crippen LogP contribution >= 0.6 is 11.6 Å². The summed E-state index contributed by atoms with van der Waals surface area (Å²) in [5, 5.41) is 0.517. The first kappa shape index (κ1) is 25.5. The Morgan fingerprint density at radius 2 is 1.67 bits per heavy atom. The molecule has 0 bridgehead atoms. The van der Waals surface area contributed by atoms with Gasteiger partial charge in [0, 0.05) is 23.1 Å². The number of alkyl halides is 3. The number of allylic oxidation sites excluding steroid dienone is 1. The number of nitrogens with zero attached hydrogens (tertiary/aromatic N) is 1. The Bertz CT molecular complexity index is 1290. The average Bonchev–Trinajstić information content (AvgIpc) is 2.85. The van der Waals surface area contributed by atoms with Crippen molar-refractivity contribution in [3.63, 3.8) is 0 Å². The van der Waals surface area contributed by atoms with E-state index in [1.807, 2.05) is 36.4 Å². The summed E-state index contributed by atoms with van der Waals surface area (Å²) in [6.45, 7) is 1.87.